The summed E-state index contributed by atoms with van der Waals surface area (Å²) in [5.41, 5.74) is 6.63. The van der Waals surface area contributed by atoms with E-state index in [0.717, 1.165) is 31.5 Å². The van der Waals surface area contributed by atoms with E-state index in [9.17, 15) is 4.79 Å². The molecule has 3 atom stereocenters. The largest absolute Gasteiger partial charge is 0.373 e. The molecule has 0 radical (unpaired) electrons. The van der Waals surface area contributed by atoms with Gasteiger partial charge in [-0.05, 0) is 51.3 Å². The Morgan fingerprint density at radius 2 is 1.92 bits per heavy atom. The van der Waals surface area contributed by atoms with Crippen molar-refractivity contribution in [2.45, 2.75) is 51.2 Å². The zero-order valence-electron chi connectivity index (χ0n) is 15.6. The smallest absolute Gasteiger partial charge is 0.267 e. The quantitative estimate of drug-likeness (QED) is 0.891. The maximum atomic E-state index is 11.6. The van der Waals surface area contributed by atoms with Gasteiger partial charge in [-0.15, -0.1) is 12.4 Å². The van der Waals surface area contributed by atoms with Crippen LogP contribution in [-0.2, 0) is 10.3 Å². The van der Waals surface area contributed by atoms with Gasteiger partial charge in [0.05, 0.1) is 0 Å². The minimum absolute atomic E-state index is 0. The SMILES string of the molecule is COC1(c2ccnc(C(N)=O)c2)[C@@H]2CCC[C@H]1CN(C(C)(C)C)C2.Cl. The summed E-state index contributed by atoms with van der Waals surface area (Å²) in [5, 5.41) is 0. The van der Waals surface area contributed by atoms with Crippen LogP contribution in [0.3, 0.4) is 0 Å². The fourth-order valence-electron chi connectivity index (χ4n) is 4.71. The van der Waals surface area contributed by atoms with Gasteiger partial charge in [0.25, 0.3) is 5.91 Å². The molecule has 3 rings (SSSR count). The molecule has 1 aliphatic heterocycles. The summed E-state index contributed by atoms with van der Waals surface area (Å²) in [7, 11) is 1.81. The van der Waals surface area contributed by atoms with Crippen molar-refractivity contribution in [3.8, 4) is 0 Å². The van der Waals surface area contributed by atoms with Crippen LogP contribution in [0.1, 0.15) is 56.1 Å². The number of carbonyl (C=O) groups is 1. The maximum Gasteiger partial charge on any atom is 0.267 e. The van der Waals surface area contributed by atoms with Gasteiger partial charge in [0.15, 0.2) is 0 Å². The van der Waals surface area contributed by atoms with Gasteiger partial charge >= 0.3 is 0 Å². The molecule has 140 valence electrons. The number of ether oxygens (including phenoxy) is 1. The predicted octanol–water partition coefficient (Wildman–Crippen LogP) is 2.97. The van der Waals surface area contributed by atoms with Crippen LogP contribution in [0.15, 0.2) is 18.3 Å². The fourth-order valence-corrected chi connectivity index (χ4v) is 4.71. The zero-order chi connectivity index (χ0) is 17.5. The first-order chi connectivity index (χ1) is 11.3. The van der Waals surface area contributed by atoms with E-state index in [-0.39, 0.29) is 23.5 Å². The van der Waals surface area contributed by atoms with Crippen LogP contribution in [0, 0.1) is 11.8 Å². The average molecular weight is 368 g/mol. The molecular formula is C19H30ClN3O2. The molecule has 25 heavy (non-hydrogen) atoms. The molecule has 1 saturated carbocycles. The Bertz CT molecular complexity index is 615. The van der Waals surface area contributed by atoms with E-state index in [1.807, 2.05) is 19.2 Å². The minimum Gasteiger partial charge on any atom is -0.373 e. The Balaban J connectivity index is 0.00000225. The molecule has 1 saturated heterocycles. The van der Waals surface area contributed by atoms with Crippen molar-refractivity contribution in [1.82, 2.24) is 9.88 Å². The average Bonchev–Trinajstić information content (AvgIpc) is 2.52. The topological polar surface area (TPSA) is 68.5 Å². The van der Waals surface area contributed by atoms with Crippen LogP contribution in [0.25, 0.3) is 0 Å². The molecule has 1 aliphatic carbocycles. The number of likely N-dealkylation sites (tertiary alicyclic amines) is 1. The standard InChI is InChI=1S/C19H29N3O2.ClH/c1-18(2,3)22-11-14-6-5-7-15(12-22)19(14,24-4)13-8-9-21-16(10-13)17(20)23;/h8-10,14-15H,5-7,11-12H2,1-4H3,(H2,20,23);1H/t14-,15+,19?;. The fraction of sp³-hybridized carbons (Fsp3) is 0.684. The first-order valence-corrected chi connectivity index (χ1v) is 8.85. The van der Waals surface area contributed by atoms with Crippen molar-refractivity contribution in [2.24, 2.45) is 17.6 Å². The molecule has 2 aliphatic rings. The van der Waals surface area contributed by atoms with Crippen molar-refractivity contribution in [3.05, 3.63) is 29.6 Å². The third-order valence-corrected chi connectivity index (χ3v) is 5.95. The molecule has 0 spiro atoms. The molecule has 2 N–H and O–H groups in total. The summed E-state index contributed by atoms with van der Waals surface area (Å²) in [6.07, 6.45) is 5.21. The molecule has 2 bridgehead atoms. The van der Waals surface area contributed by atoms with Gasteiger partial charge in [0, 0.05) is 43.8 Å². The molecule has 0 aromatic carbocycles. The normalized spacial score (nSPS) is 29.8. The molecule has 1 amide bonds. The van der Waals surface area contributed by atoms with Crippen LogP contribution in [0.2, 0.25) is 0 Å². The highest BCUT2D eigenvalue weighted by atomic mass is 35.5. The monoisotopic (exact) mass is 367 g/mol. The van der Waals surface area contributed by atoms with Gasteiger partial charge in [-0.3, -0.25) is 14.7 Å². The summed E-state index contributed by atoms with van der Waals surface area (Å²) in [6, 6.07) is 3.83. The second-order valence-electron chi connectivity index (χ2n) is 8.19. The Kier molecular flexibility index (Phi) is 5.81. The molecule has 6 heteroatoms. The summed E-state index contributed by atoms with van der Waals surface area (Å²) in [5.74, 6) is 0.343. The second kappa shape index (κ2) is 7.22. The van der Waals surface area contributed by atoms with Gasteiger partial charge in [-0.25, -0.2) is 0 Å². The van der Waals surface area contributed by atoms with Gasteiger partial charge < -0.3 is 10.5 Å². The van der Waals surface area contributed by atoms with Crippen LogP contribution in [-0.4, -0.2) is 41.5 Å². The molecule has 2 heterocycles. The summed E-state index contributed by atoms with van der Waals surface area (Å²) >= 11 is 0. The lowest BCUT2D eigenvalue weighted by molar-refractivity contribution is -0.179. The maximum absolute atomic E-state index is 11.6. The highest BCUT2D eigenvalue weighted by Gasteiger charge is 2.54. The van der Waals surface area contributed by atoms with E-state index < -0.39 is 5.91 Å². The Hall–Kier alpha value is -1.17. The number of methoxy groups -OCH3 is 1. The number of amides is 1. The van der Waals surface area contributed by atoms with Crippen LogP contribution >= 0.6 is 12.4 Å². The zero-order valence-corrected chi connectivity index (χ0v) is 16.4. The molecule has 5 nitrogen and oxygen atoms in total. The Labute approximate surface area is 156 Å². The highest BCUT2D eigenvalue weighted by Crippen LogP contribution is 2.52. The molecule has 1 aromatic heterocycles. The first kappa shape index (κ1) is 20.1. The Morgan fingerprint density at radius 3 is 2.40 bits per heavy atom. The molecule has 2 fully saturated rings. The van der Waals surface area contributed by atoms with E-state index in [0.29, 0.717) is 17.5 Å². The highest BCUT2D eigenvalue weighted by molar-refractivity contribution is 5.90. The van der Waals surface area contributed by atoms with Crippen LogP contribution < -0.4 is 5.73 Å². The number of fused-ring (bicyclic) bond motifs is 2. The van der Waals surface area contributed by atoms with Crippen molar-refractivity contribution < 1.29 is 9.53 Å². The van der Waals surface area contributed by atoms with E-state index in [2.05, 4.69) is 30.7 Å². The van der Waals surface area contributed by atoms with Gasteiger partial charge in [-0.1, -0.05) is 6.42 Å². The lowest BCUT2D eigenvalue weighted by Crippen LogP contribution is -2.62. The number of nitrogens with zero attached hydrogens (tertiary/aromatic N) is 2. The summed E-state index contributed by atoms with van der Waals surface area (Å²) in [6.45, 7) is 8.87. The number of primary amides is 1. The molecule has 1 unspecified atom stereocenters. The van der Waals surface area contributed by atoms with Gasteiger partial charge in [0.1, 0.15) is 11.3 Å². The van der Waals surface area contributed by atoms with Gasteiger partial charge in [-0.2, -0.15) is 0 Å². The Morgan fingerprint density at radius 1 is 1.32 bits per heavy atom. The van der Waals surface area contributed by atoms with E-state index >= 15 is 0 Å². The number of nitrogens with two attached hydrogens (primary N) is 1. The van der Waals surface area contributed by atoms with Crippen molar-refractivity contribution in [2.75, 3.05) is 20.2 Å². The van der Waals surface area contributed by atoms with Crippen molar-refractivity contribution >= 4 is 18.3 Å². The van der Waals surface area contributed by atoms with Crippen LogP contribution in [0.4, 0.5) is 0 Å². The predicted molar refractivity (Wildman–Crippen MR) is 101 cm³/mol. The number of hydrogen-bond donors (Lipinski definition) is 1. The number of aromatic nitrogens is 1. The third kappa shape index (κ3) is 3.42. The van der Waals surface area contributed by atoms with E-state index in [4.69, 9.17) is 10.5 Å². The summed E-state index contributed by atoms with van der Waals surface area (Å²) < 4.78 is 6.22. The molecule has 1 aromatic rings. The minimum atomic E-state index is -0.486. The lowest BCUT2D eigenvalue weighted by Gasteiger charge is -2.57. The van der Waals surface area contributed by atoms with E-state index in [1.54, 1.807) is 6.20 Å². The first-order valence-electron chi connectivity index (χ1n) is 8.85. The second-order valence-corrected chi connectivity index (χ2v) is 8.19. The number of hydrogen-bond acceptors (Lipinski definition) is 4. The third-order valence-electron chi connectivity index (χ3n) is 5.95. The number of pyridine rings is 1. The number of rotatable bonds is 3. The lowest BCUT2D eigenvalue weighted by atomic mass is 9.62. The van der Waals surface area contributed by atoms with Crippen LogP contribution in [0.5, 0.6) is 0 Å². The van der Waals surface area contributed by atoms with Crippen molar-refractivity contribution in [1.29, 1.82) is 0 Å². The number of carbonyl (C=O) groups excluding carboxylic acids is 1. The number of halogens is 1. The van der Waals surface area contributed by atoms with E-state index in [1.165, 1.54) is 6.42 Å². The van der Waals surface area contributed by atoms with Crippen molar-refractivity contribution in [3.63, 3.8) is 0 Å². The molecular weight excluding hydrogens is 338 g/mol. The number of piperidine rings is 1. The summed E-state index contributed by atoms with van der Waals surface area (Å²) in [4.78, 5) is 18.3. The van der Waals surface area contributed by atoms with Gasteiger partial charge in [0.2, 0.25) is 0 Å².